The predicted molar refractivity (Wildman–Crippen MR) is 43.0 cm³/mol. The van der Waals surface area contributed by atoms with Crippen molar-refractivity contribution < 1.29 is 5.11 Å². The molecule has 0 spiro atoms. The molecule has 2 bridgehead atoms. The second kappa shape index (κ2) is 1.18. The molecular formula is C11H13O+. The smallest absolute Gasteiger partial charge is 0.107 e. The fourth-order valence-corrected chi connectivity index (χ4v) is 4.87. The molecule has 0 aromatic carbocycles. The van der Waals surface area contributed by atoms with Crippen LogP contribution in [-0.4, -0.2) is 10.7 Å². The Bertz CT molecular complexity index is 252. The first-order valence-corrected chi connectivity index (χ1v) is 5.41. The summed E-state index contributed by atoms with van der Waals surface area (Å²) in [6.45, 7) is 0. The minimum absolute atomic E-state index is 0.137. The van der Waals surface area contributed by atoms with Crippen LogP contribution in [0.2, 0.25) is 0 Å². The van der Waals surface area contributed by atoms with E-state index < -0.39 is 0 Å². The van der Waals surface area contributed by atoms with Crippen LogP contribution in [0.3, 0.4) is 0 Å². The highest BCUT2D eigenvalue weighted by Gasteiger charge is 2.90. The number of rotatable bonds is 0. The normalized spacial score (nSPS) is 79.2. The maximum absolute atomic E-state index is 10.6. The molecule has 0 aromatic rings. The van der Waals surface area contributed by atoms with Crippen LogP contribution < -0.4 is 0 Å². The highest BCUT2D eigenvalue weighted by molar-refractivity contribution is 5.43. The molecular weight excluding hydrogens is 148 g/mol. The molecule has 0 aromatic heterocycles. The van der Waals surface area contributed by atoms with Crippen LogP contribution in [0.5, 0.6) is 0 Å². The second-order valence-corrected chi connectivity index (χ2v) is 5.73. The van der Waals surface area contributed by atoms with E-state index in [2.05, 4.69) is 0 Å². The Morgan fingerprint density at radius 1 is 0.917 bits per heavy atom. The predicted octanol–water partition coefficient (Wildman–Crippen LogP) is 1.23. The van der Waals surface area contributed by atoms with Crippen molar-refractivity contribution in [2.75, 3.05) is 0 Å². The van der Waals surface area contributed by atoms with Gasteiger partial charge in [-0.25, -0.2) is 0 Å². The molecule has 6 aliphatic rings. The zero-order chi connectivity index (χ0) is 7.66. The summed E-state index contributed by atoms with van der Waals surface area (Å²) in [6.07, 6.45) is 4.06. The summed E-state index contributed by atoms with van der Waals surface area (Å²) in [5.41, 5.74) is -0.137. The third-order valence-electron chi connectivity index (χ3n) is 5.44. The van der Waals surface area contributed by atoms with E-state index in [1.54, 1.807) is 0 Å². The zero-order valence-electron chi connectivity index (χ0n) is 7.03. The van der Waals surface area contributed by atoms with E-state index in [0.717, 1.165) is 35.5 Å². The molecule has 1 heteroatoms. The van der Waals surface area contributed by atoms with Gasteiger partial charge in [-0.3, -0.25) is 0 Å². The van der Waals surface area contributed by atoms with Gasteiger partial charge < -0.3 is 5.11 Å². The Morgan fingerprint density at radius 3 is 1.75 bits per heavy atom. The van der Waals surface area contributed by atoms with Gasteiger partial charge in [0.1, 0.15) is 23.7 Å². The molecule has 6 aliphatic carbocycles. The summed E-state index contributed by atoms with van der Waals surface area (Å²) >= 11 is 0. The van der Waals surface area contributed by atoms with Gasteiger partial charge >= 0.3 is 0 Å². The Labute approximate surface area is 72.2 Å². The zero-order valence-corrected chi connectivity index (χ0v) is 7.03. The monoisotopic (exact) mass is 161 g/mol. The Balaban J connectivity index is 1.80. The average Bonchev–Trinajstić information content (AvgIpc) is 2.90. The standard InChI is InChI=1S/C11H13O/c12-11-7-1-4(7)10(5-2-8(5)11)6-3-9(6)11/h4-9,12H,1-3H2/q+1. The molecule has 0 radical (unpaired) electrons. The van der Waals surface area contributed by atoms with Crippen LogP contribution >= 0.6 is 0 Å². The Hall–Kier alpha value is -0.170. The molecule has 6 unspecified atom stereocenters. The van der Waals surface area contributed by atoms with E-state index >= 15 is 0 Å². The molecule has 0 aliphatic heterocycles. The lowest BCUT2D eigenvalue weighted by molar-refractivity contribution is -0.0630. The van der Waals surface area contributed by atoms with Gasteiger partial charge in [0.05, 0.1) is 5.60 Å². The second-order valence-electron chi connectivity index (χ2n) is 5.73. The first-order valence-electron chi connectivity index (χ1n) is 5.41. The van der Waals surface area contributed by atoms with Crippen LogP contribution in [0.15, 0.2) is 0 Å². The first kappa shape index (κ1) is 5.54. The summed E-state index contributed by atoms with van der Waals surface area (Å²) < 4.78 is 0. The average molecular weight is 161 g/mol. The summed E-state index contributed by atoms with van der Waals surface area (Å²) in [6, 6.07) is 0. The highest BCUT2D eigenvalue weighted by Crippen LogP contribution is 2.85. The van der Waals surface area contributed by atoms with Gasteiger partial charge in [0, 0.05) is 37.0 Å². The summed E-state index contributed by atoms with van der Waals surface area (Å²) in [4.78, 5) is 0. The fraction of sp³-hybridized carbons (Fsp3) is 0.909. The van der Waals surface area contributed by atoms with E-state index in [-0.39, 0.29) is 5.60 Å². The van der Waals surface area contributed by atoms with Gasteiger partial charge in [-0.1, -0.05) is 0 Å². The van der Waals surface area contributed by atoms with Crippen molar-refractivity contribution in [1.82, 2.24) is 0 Å². The van der Waals surface area contributed by atoms with Crippen molar-refractivity contribution in [3.63, 3.8) is 0 Å². The van der Waals surface area contributed by atoms with Gasteiger partial charge in [-0.05, 0) is 0 Å². The third kappa shape index (κ3) is 0.335. The molecule has 62 valence electrons. The van der Waals surface area contributed by atoms with Crippen molar-refractivity contribution in [3.8, 4) is 0 Å². The van der Waals surface area contributed by atoms with Gasteiger partial charge in [-0.2, -0.15) is 0 Å². The van der Waals surface area contributed by atoms with Crippen LogP contribution in [0.1, 0.15) is 19.3 Å². The topological polar surface area (TPSA) is 20.2 Å². The van der Waals surface area contributed by atoms with Crippen molar-refractivity contribution >= 4 is 0 Å². The molecule has 6 saturated carbocycles. The molecule has 6 rings (SSSR count). The van der Waals surface area contributed by atoms with Gasteiger partial charge in [0.15, 0.2) is 0 Å². The molecule has 6 fully saturated rings. The van der Waals surface area contributed by atoms with Crippen molar-refractivity contribution in [1.29, 1.82) is 0 Å². The lowest BCUT2D eigenvalue weighted by Crippen LogP contribution is -2.47. The van der Waals surface area contributed by atoms with Crippen molar-refractivity contribution in [2.45, 2.75) is 24.9 Å². The van der Waals surface area contributed by atoms with Crippen LogP contribution in [-0.2, 0) is 0 Å². The first-order chi connectivity index (χ1) is 5.82. The molecule has 1 nitrogen and oxygen atoms in total. The molecule has 6 atom stereocenters. The minimum atomic E-state index is -0.137. The molecule has 12 heavy (non-hydrogen) atoms. The maximum atomic E-state index is 10.6. The van der Waals surface area contributed by atoms with E-state index in [4.69, 9.17) is 0 Å². The number of hydrogen-bond donors (Lipinski definition) is 1. The summed E-state index contributed by atoms with van der Waals surface area (Å²) in [7, 11) is 0. The van der Waals surface area contributed by atoms with Crippen LogP contribution in [0.25, 0.3) is 0 Å². The van der Waals surface area contributed by atoms with E-state index in [0.29, 0.717) is 0 Å². The lowest BCUT2D eigenvalue weighted by atomic mass is 9.68. The van der Waals surface area contributed by atoms with E-state index in [9.17, 15) is 5.11 Å². The minimum Gasteiger partial charge on any atom is -0.388 e. The third-order valence-corrected chi connectivity index (χ3v) is 5.44. The number of aliphatic hydroxyl groups is 1. The maximum Gasteiger partial charge on any atom is 0.107 e. The largest absolute Gasteiger partial charge is 0.388 e. The summed E-state index contributed by atoms with van der Waals surface area (Å²) in [5.74, 6) is 6.86. The molecule has 0 amide bonds. The lowest BCUT2D eigenvalue weighted by Gasteiger charge is -2.35. The quantitative estimate of drug-likeness (QED) is 0.530. The van der Waals surface area contributed by atoms with E-state index in [1.807, 2.05) is 5.92 Å². The SMILES string of the molecule is OC12C3CC3[C+](C3CC31)C1CC12. The molecule has 1 N–H and O–H groups in total. The molecule has 0 heterocycles. The Morgan fingerprint density at radius 2 is 1.33 bits per heavy atom. The summed E-state index contributed by atoms with van der Waals surface area (Å²) in [5, 5.41) is 10.6. The van der Waals surface area contributed by atoms with Crippen molar-refractivity contribution in [3.05, 3.63) is 5.92 Å². The van der Waals surface area contributed by atoms with Gasteiger partial charge in [-0.15, -0.1) is 0 Å². The van der Waals surface area contributed by atoms with E-state index in [1.165, 1.54) is 19.3 Å². The highest BCUT2D eigenvalue weighted by atomic mass is 16.3. The van der Waals surface area contributed by atoms with Crippen molar-refractivity contribution in [2.24, 2.45) is 35.5 Å². The van der Waals surface area contributed by atoms with Crippen LogP contribution in [0.4, 0.5) is 0 Å². The van der Waals surface area contributed by atoms with Gasteiger partial charge in [0.2, 0.25) is 0 Å². The number of hydrogen-bond acceptors (Lipinski definition) is 1. The van der Waals surface area contributed by atoms with Crippen LogP contribution in [0, 0.1) is 41.4 Å². The fourth-order valence-electron chi connectivity index (χ4n) is 4.87. The van der Waals surface area contributed by atoms with Gasteiger partial charge in [0.25, 0.3) is 0 Å². The molecule has 0 saturated heterocycles. The Kier molecular flexibility index (Phi) is 0.543.